The summed E-state index contributed by atoms with van der Waals surface area (Å²) >= 11 is 1.48. The second kappa shape index (κ2) is 7.67. The Balaban J connectivity index is 1.98. The van der Waals surface area contributed by atoms with Crippen molar-refractivity contribution in [2.45, 2.75) is 18.9 Å². The molecule has 0 unspecified atom stereocenters. The number of rotatable bonds is 6. The molecule has 106 valence electrons. The van der Waals surface area contributed by atoms with Crippen molar-refractivity contribution >= 4 is 22.4 Å². The average Bonchev–Trinajstić information content (AvgIpc) is 2.97. The number of carbonyl (C=O) groups is 1. The standard InChI is InChI=1S/C15H18N2O2S/c18-10-4-8-13(12-6-2-1-3-7-12)16-15(19)17-14-9-5-11-20-14/h1-3,5-7,9,11,13,18H,4,8,10H2,(H2,16,17,19)/t13-/m0/s1. The van der Waals surface area contributed by atoms with E-state index in [-0.39, 0.29) is 18.7 Å². The van der Waals surface area contributed by atoms with Crippen molar-refractivity contribution in [3.05, 3.63) is 53.4 Å². The number of carbonyl (C=O) groups excluding carboxylic acids is 1. The zero-order valence-corrected chi connectivity index (χ0v) is 11.9. The number of aliphatic hydroxyl groups is 1. The number of hydrogen-bond acceptors (Lipinski definition) is 3. The third-order valence-electron chi connectivity index (χ3n) is 2.92. The van der Waals surface area contributed by atoms with E-state index >= 15 is 0 Å². The third-order valence-corrected chi connectivity index (χ3v) is 3.70. The summed E-state index contributed by atoms with van der Waals surface area (Å²) in [6, 6.07) is 13.2. The highest BCUT2D eigenvalue weighted by Gasteiger charge is 2.14. The van der Waals surface area contributed by atoms with Crippen LogP contribution in [0.1, 0.15) is 24.4 Å². The summed E-state index contributed by atoms with van der Waals surface area (Å²) in [4.78, 5) is 12.0. The van der Waals surface area contributed by atoms with Crippen LogP contribution in [-0.4, -0.2) is 17.7 Å². The molecule has 0 spiro atoms. The molecule has 0 aliphatic rings. The van der Waals surface area contributed by atoms with E-state index < -0.39 is 0 Å². The number of urea groups is 1. The number of amides is 2. The van der Waals surface area contributed by atoms with E-state index in [4.69, 9.17) is 5.11 Å². The minimum atomic E-state index is -0.223. The number of hydrogen-bond donors (Lipinski definition) is 3. The van der Waals surface area contributed by atoms with E-state index in [9.17, 15) is 4.79 Å². The molecule has 2 aromatic rings. The Labute approximate surface area is 122 Å². The minimum Gasteiger partial charge on any atom is -0.396 e. The van der Waals surface area contributed by atoms with Crippen molar-refractivity contribution < 1.29 is 9.90 Å². The molecule has 2 amide bonds. The first-order valence-corrected chi connectivity index (χ1v) is 7.44. The van der Waals surface area contributed by atoms with Gasteiger partial charge in [-0.15, -0.1) is 11.3 Å². The van der Waals surface area contributed by atoms with E-state index in [1.807, 2.05) is 47.8 Å². The number of aliphatic hydroxyl groups excluding tert-OH is 1. The van der Waals surface area contributed by atoms with Gasteiger partial charge in [0.25, 0.3) is 0 Å². The Morgan fingerprint density at radius 1 is 1.20 bits per heavy atom. The van der Waals surface area contributed by atoms with Gasteiger partial charge in [0.2, 0.25) is 0 Å². The molecule has 0 saturated carbocycles. The monoisotopic (exact) mass is 290 g/mol. The molecule has 1 aromatic carbocycles. The Morgan fingerprint density at radius 3 is 2.65 bits per heavy atom. The molecule has 1 atom stereocenters. The second-order valence-electron chi connectivity index (χ2n) is 4.40. The summed E-state index contributed by atoms with van der Waals surface area (Å²) in [7, 11) is 0. The Bertz CT molecular complexity index is 514. The molecule has 0 fully saturated rings. The fourth-order valence-corrected chi connectivity index (χ4v) is 2.57. The summed E-state index contributed by atoms with van der Waals surface area (Å²) < 4.78 is 0. The lowest BCUT2D eigenvalue weighted by Gasteiger charge is -2.19. The van der Waals surface area contributed by atoms with Crippen LogP contribution in [0.3, 0.4) is 0 Å². The fourth-order valence-electron chi connectivity index (χ4n) is 1.96. The molecule has 20 heavy (non-hydrogen) atoms. The quantitative estimate of drug-likeness (QED) is 0.763. The van der Waals surface area contributed by atoms with Gasteiger partial charge >= 0.3 is 6.03 Å². The lowest BCUT2D eigenvalue weighted by molar-refractivity contribution is 0.244. The maximum Gasteiger partial charge on any atom is 0.320 e. The molecule has 0 aliphatic carbocycles. The predicted molar refractivity (Wildman–Crippen MR) is 82.0 cm³/mol. The Morgan fingerprint density at radius 2 is 2.00 bits per heavy atom. The molecule has 4 nitrogen and oxygen atoms in total. The minimum absolute atomic E-state index is 0.0942. The lowest BCUT2D eigenvalue weighted by atomic mass is 10.0. The van der Waals surface area contributed by atoms with Gasteiger partial charge in [-0.05, 0) is 35.9 Å². The van der Waals surface area contributed by atoms with Crippen LogP contribution in [0.15, 0.2) is 47.8 Å². The van der Waals surface area contributed by atoms with Gasteiger partial charge in [-0.2, -0.15) is 0 Å². The van der Waals surface area contributed by atoms with Crippen LogP contribution in [0.2, 0.25) is 0 Å². The molecule has 0 aliphatic heterocycles. The summed E-state index contributed by atoms with van der Waals surface area (Å²) in [5.74, 6) is 0. The topological polar surface area (TPSA) is 61.4 Å². The largest absolute Gasteiger partial charge is 0.396 e. The maximum absolute atomic E-state index is 12.0. The van der Waals surface area contributed by atoms with Crippen molar-refractivity contribution in [3.8, 4) is 0 Å². The maximum atomic E-state index is 12.0. The summed E-state index contributed by atoms with van der Waals surface area (Å²) in [5, 5.41) is 17.5. The molecule has 1 heterocycles. The van der Waals surface area contributed by atoms with Gasteiger partial charge in [0.1, 0.15) is 0 Å². The smallest absolute Gasteiger partial charge is 0.320 e. The van der Waals surface area contributed by atoms with Crippen LogP contribution in [-0.2, 0) is 0 Å². The first kappa shape index (κ1) is 14.6. The molecule has 1 aromatic heterocycles. The average molecular weight is 290 g/mol. The van der Waals surface area contributed by atoms with Crippen molar-refractivity contribution in [1.82, 2.24) is 5.32 Å². The number of thiophene rings is 1. The van der Waals surface area contributed by atoms with E-state index in [2.05, 4.69) is 10.6 Å². The van der Waals surface area contributed by atoms with Gasteiger partial charge in [0.15, 0.2) is 0 Å². The first-order chi connectivity index (χ1) is 9.79. The number of anilines is 1. The van der Waals surface area contributed by atoms with E-state index in [1.165, 1.54) is 11.3 Å². The normalized spacial score (nSPS) is 11.8. The van der Waals surface area contributed by atoms with Crippen LogP contribution in [0.5, 0.6) is 0 Å². The van der Waals surface area contributed by atoms with E-state index in [1.54, 1.807) is 0 Å². The highest BCUT2D eigenvalue weighted by atomic mass is 32.1. The summed E-state index contributed by atoms with van der Waals surface area (Å²) in [6.45, 7) is 0.123. The van der Waals surface area contributed by atoms with E-state index in [0.29, 0.717) is 12.8 Å². The Kier molecular flexibility index (Phi) is 5.58. The predicted octanol–water partition coefficient (Wildman–Crippen LogP) is 3.38. The first-order valence-electron chi connectivity index (χ1n) is 6.56. The molecule has 0 saturated heterocycles. The fraction of sp³-hybridized carbons (Fsp3) is 0.267. The second-order valence-corrected chi connectivity index (χ2v) is 5.35. The number of nitrogens with one attached hydrogen (secondary N) is 2. The molecule has 2 rings (SSSR count). The zero-order valence-electron chi connectivity index (χ0n) is 11.1. The van der Waals surface area contributed by atoms with Crippen molar-refractivity contribution in [2.75, 3.05) is 11.9 Å². The van der Waals surface area contributed by atoms with Gasteiger partial charge in [-0.3, -0.25) is 5.32 Å². The third kappa shape index (κ3) is 4.36. The molecule has 5 heteroatoms. The highest BCUT2D eigenvalue weighted by Crippen LogP contribution is 2.19. The van der Waals surface area contributed by atoms with Crippen LogP contribution in [0.4, 0.5) is 9.80 Å². The highest BCUT2D eigenvalue weighted by molar-refractivity contribution is 7.14. The zero-order chi connectivity index (χ0) is 14.2. The van der Waals surface area contributed by atoms with E-state index in [0.717, 1.165) is 10.6 Å². The number of benzene rings is 1. The summed E-state index contributed by atoms with van der Waals surface area (Å²) in [6.07, 6.45) is 1.36. The van der Waals surface area contributed by atoms with Crippen molar-refractivity contribution in [3.63, 3.8) is 0 Å². The molecular weight excluding hydrogens is 272 g/mol. The van der Waals surface area contributed by atoms with Crippen LogP contribution in [0, 0.1) is 0 Å². The van der Waals surface area contributed by atoms with Gasteiger partial charge in [-0.1, -0.05) is 30.3 Å². The molecular formula is C15H18N2O2S. The van der Waals surface area contributed by atoms with Gasteiger partial charge < -0.3 is 10.4 Å². The molecule has 0 bridgehead atoms. The van der Waals surface area contributed by atoms with Crippen molar-refractivity contribution in [1.29, 1.82) is 0 Å². The van der Waals surface area contributed by atoms with Crippen LogP contribution >= 0.6 is 11.3 Å². The SMILES string of the molecule is O=C(Nc1cccs1)N[C@@H](CCCO)c1ccccc1. The lowest BCUT2D eigenvalue weighted by Crippen LogP contribution is -2.32. The molecule has 3 N–H and O–H groups in total. The Hall–Kier alpha value is -1.85. The van der Waals surface area contributed by atoms with Crippen LogP contribution < -0.4 is 10.6 Å². The molecule has 0 radical (unpaired) electrons. The summed E-state index contributed by atoms with van der Waals surface area (Å²) in [5.41, 5.74) is 1.04. The van der Waals surface area contributed by atoms with Gasteiger partial charge in [-0.25, -0.2) is 4.79 Å². The van der Waals surface area contributed by atoms with Crippen molar-refractivity contribution in [2.24, 2.45) is 0 Å². The van der Waals surface area contributed by atoms with Crippen LogP contribution in [0.25, 0.3) is 0 Å². The van der Waals surface area contributed by atoms with Gasteiger partial charge in [0.05, 0.1) is 11.0 Å². The van der Waals surface area contributed by atoms with Gasteiger partial charge in [0, 0.05) is 6.61 Å².